The van der Waals surface area contributed by atoms with E-state index < -0.39 is 0 Å². The maximum Gasteiger partial charge on any atom is 0.231 e. The van der Waals surface area contributed by atoms with Gasteiger partial charge in [0, 0.05) is 19.9 Å². The van der Waals surface area contributed by atoms with E-state index in [1.807, 2.05) is 26.2 Å². The molecule has 0 bridgehead atoms. The van der Waals surface area contributed by atoms with Gasteiger partial charge in [-0.1, -0.05) is 13.8 Å². The first kappa shape index (κ1) is 21.4. The van der Waals surface area contributed by atoms with Crippen LogP contribution in [0.5, 0.6) is 17.4 Å². The third-order valence-corrected chi connectivity index (χ3v) is 4.20. The fourth-order valence-corrected chi connectivity index (χ4v) is 2.83. The van der Waals surface area contributed by atoms with Crippen molar-refractivity contribution in [2.75, 3.05) is 24.0 Å². The van der Waals surface area contributed by atoms with Crippen LogP contribution in [0, 0.1) is 0 Å². The van der Waals surface area contributed by atoms with Crippen molar-refractivity contribution in [1.82, 2.24) is 15.0 Å². The van der Waals surface area contributed by atoms with Gasteiger partial charge in [-0.2, -0.15) is 4.98 Å². The van der Waals surface area contributed by atoms with E-state index in [1.54, 1.807) is 7.11 Å². The summed E-state index contributed by atoms with van der Waals surface area (Å²) in [5, 5.41) is 5.06. The molecule has 0 saturated heterocycles. The number of rotatable bonds is 7. The molecule has 2 aromatic rings. The Hall–Kier alpha value is -2.88. The molecule has 0 fully saturated rings. The molecular formula is C18H23N5O4S. The number of amides is 2. The van der Waals surface area contributed by atoms with Crippen molar-refractivity contribution in [2.24, 2.45) is 0 Å². The van der Waals surface area contributed by atoms with E-state index >= 15 is 0 Å². The summed E-state index contributed by atoms with van der Waals surface area (Å²) in [7, 11) is 1.57. The molecule has 0 aliphatic rings. The molecule has 10 heteroatoms. The van der Waals surface area contributed by atoms with Gasteiger partial charge in [0.2, 0.25) is 23.6 Å². The lowest BCUT2D eigenvalue weighted by molar-refractivity contribution is -0.115. The van der Waals surface area contributed by atoms with Crippen LogP contribution in [0.4, 0.5) is 11.8 Å². The van der Waals surface area contributed by atoms with Crippen molar-refractivity contribution < 1.29 is 19.1 Å². The molecule has 2 N–H and O–H groups in total. The summed E-state index contributed by atoms with van der Waals surface area (Å²) in [5.41, 5.74) is 0.689. The molecule has 9 nitrogen and oxygen atoms in total. The summed E-state index contributed by atoms with van der Waals surface area (Å²) in [6, 6.07) is 1.82. The van der Waals surface area contributed by atoms with E-state index in [-0.39, 0.29) is 35.2 Å². The Kier molecular flexibility index (Phi) is 7.16. The number of carbonyl (C=O) groups is 2. The number of aromatic nitrogens is 3. The van der Waals surface area contributed by atoms with Gasteiger partial charge in [0.1, 0.15) is 0 Å². The zero-order valence-electron chi connectivity index (χ0n) is 16.6. The second-order valence-corrected chi connectivity index (χ2v) is 6.96. The van der Waals surface area contributed by atoms with E-state index in [1.165, 1.54) is 31.8 Å². The van der Waals surface area contributed by atoms with E-state index in [4.69, 9.17) is 9.47 Å². The van der Waals surface area contributed by atoms with Crippen LogP contribution in [0.15, 0.2) is 17.2 Å². The standard InChI is InChI=1S/C18H23N5O4S/c1-9(2)15-12(7-14(28-6)17(22-15)26-5)27-13-8-19-18(21-11(4)25)23-16(13)20-10(3)24/h7-9H,1-6H3,(H2,19,20,21,23,24,25). The molecular weight excluding hydrogens is 382 g/mol. The lowest BCUT2D eigenvalue weighted by atomic mass is 10.1. The van der Waals surface area contributed by atoms with Crippen LogP contribution in [0.2, 0.25) is 0 Å². The summed E-state index contributed by atoms with van der Waals surface area (Å²) >= 11 is 1.47. The minimum absolute atomic E-state index is 0.0589. The highest BCUT2D eigenvalue weighted by Gasteiger charge is 2.19. The van der Waals surface area contributed by atoms with E-state index in [0.717, 1.165) is 4.90 Å². The van der Waals surface area contributed by atoms with Crippen LogP contribution < -0.4 is 20.1 Å². The smallest absolute Gasteiger partial charge is 0.231 e. The minimum atomic E-state index is -0.334. The molecule has 0 spiro atoms. The van der Waals surface area contributed by atoms with Crippen LogP contribution in [0.3, 0.4) is 0 Å². The van der Waals surface area contributed by atoms with E-state index in [0.29, 0.717) is 17.3 Å². The number of anilines is 2. The number of nitrogens with zero attached hydrogens (tertiary/aromatic N) is 3. The second kappa shape index (κ2) is 9.36. The first-order valence-electron chi connectivity index (χ1n) is 8.48. The topological polar surface area (TPSA) is 115 Å². The molecule has 2 heterocycles. The predicted molar refractivity (Wildman–Crippen MR) is 107 cm³/mol. The zero-order chi connectivity index (χ0) is 20.8. The van der Waals surface area contributed by atoms with Gasteiger partial charge >= 0.3 is 0 Å². The van der Waals surface area contributed by atoms with Crippen LogP contribution in [0.1, 0.15) is 39.3 Å². The molecule has 28 heavy (non-hydrogen) atoms. The van der Waals surface area contributed by atoms with Gasteiger partial charge < -0.3 is 14.8 Å². The van der Waals surface area contributed by atoms with Crippen LogP contribution in [0.25, 0.3) is 0 Å². The molecule has 0 unspecified atom stereocenters. The molecule has 2 rings (SSSR count). The maximum atomic E-state index is 11.6. The lowest BCUT2D eigenvalue weighted by Gasteiger charge is -2.17. The molecule has 0 saturated carbocycles. The number of hydrogen-bond acceptors (Lipinski definition) is 8. The Balaban J connectivity index is 2.51. The maximum absolute atomic E-state index is 11.6. The van der Waals surface area contributed by atoms with Crippen LogP contribution in [-0.4, -0.2) is 40.1 Å². The van der Waals surface area contributed by atoms with Gasteiger partial charge in [0.15, 0.2) is 17.3 Å². The number of methoxy groups -OCH3 is 1. The molecule has 2 amide bonds. The van der Waals surface area contributed by atoms with Crippen molar-refractivity contribution in [3.05, 3.63) is 18.0 Å². The number of thioether (sulfide) groups is 1. The molecule has 150 valence electrons. The van der Waals surface area contributed by atoms with Crippen molar-refractivity contribution in [3.63, 3.8) is 0 Å². The second-order valence-electron chi connectivity index (χ2n) is 6.11. The number of carbonyl (C=O) groups excluding carboxylic acids is 2. The highest BCUT2D eigenvalue weighted by atomic mass is 32.2. The lowest BCUT2D eigenvalue weighted by Crippen LogP contribution is -2.14. The van der Waals surface area contributed by atoms with Crippen molar-refractivity contribution in [3.8, 4) is 17.4 Å². The fraction of sp³-hybridized carbons (Fsp3) is 0.389. The van der Waals surface area contributed by atoms with Gasteiger partial charge in [0.05, 0.1) is 23.9 Å². The summed E-state index contributed by atoms with van der Waals surface area (Å²) in [5.74, 6) is 0.847. The predicted octanol–water partition coefficient (Wildman–Crippen LogP) is 3.43. The van der Waals surface area contributed by atoms with Gasteiger partial charge in [-0.25, -0.2) is 9.97 Å². The Morgan fingerprint density at radius 1 is 1.11 bits per heavy atom. The number of hydrogen-bond donors (Lipinski definition) is 2. The summed E-state index contributed by atoms with van der Waals surface area (Å²) in [4.78, 5) is 36.4. The molecule has 2 aromatic heterocycles. The van der Waals surface area contributed by atoms with Crippen molar-refractivity contribution in [1.29, 1.82) is 0 Å². The van der Waals surface area contributed by atoms with Gasteiger partial charge in [-0.05, 0) is 12.2 Å². The Morgan fingerprint density at radius 3 is 2.32 bits per heavy atom. The normalized spacial score (nSPS) is 10.5. The molecule has 0 aliphatic heterocycles. The van der Waals surface area contributed by atoms with Crippen molar-refractivity contribution >= 4 is 35.3 Å². The largest absolute Gasteiger partial charge is 0.480 e. The Bertz CT molecular complexity index is 889. The van der Waals surface area contributed by atoms with E-state index in [9.17, 15) is 9.59 Å². The average molecular weight is 405 g/mol. The van der Waals surface area contributed by atoms with Crippen LogP contribution >= 0.6 is 11.8 Å². The first-order valence-corrected chi connectivity index (χ1v) is 9.70. The molecule has 0 atom stereocenters. The summed E-state index contributed by atoms with van der Waals surface area (Å²) < 4.78 is 11.4. The number of pyridine rings is 1. The minimum Gasteiger partial charge on any atom is -0.480 e. The van der Waals surface area contributed by atoms with Gasteiger partial charge in [-0.15, -0.1) is 11.8 Å². The fourth-order valence-electron chi connectivity index (χ4n) is 2.30. The number of nitrogens with one attached hydrogen (secondary N) is 2. The zero-order valence-corrected chi connectivity index (χ0v) is 17.4. The van der Waals surface area contributed by atoms with Crippen LogP contribution in [-0.2, 0) is 9.59 Å². The van der Waals surface area contributed by atoms with Gasteiger partial charge in [-0.3, -0.25) is 14.9 Å². The highest BCUT2D eigenvalue weighted by Crippen LogP contribution is 2.38. The third kappa shape index (κ3) is 5.32. The Labute approximate surface area is 167 Å². The monoisotopic (exact) mass is 405 g/mol. The molecule has 0 radical (unpaired) electrons. The third-order valence-electron chi connectivity index (χ3n) is 3.46. The van der Waals surface area contributed by atoms with Crippen molar-refractivity contribution in [2.45, 2.75) is 38.5 Å². The van der Waals surface area contributed by atoms with E-state index in [2.05, 4.69) is 25.6 Å². The SMILES string of the molecule is COc1nc(C(C)C)c(Oc2cnc(NC(C)=O)nc2NC(C)=O)cc1SC. The molecule has 0 aromatic carbocycles. The number of ether oxygens (including phenoxy) is 2. The first-order chi connectivity index (χ1) is 13.2. The summed E-state index contributed by atoms with van der Waals surface area (Å²) in [6.45, 7) is 6.66. The Morgan fingerprint density at radius 2 is 1.79 bits per heavy atom. The molecule has 0 aliphatic carbocycles. The van der Waals surface area contributed by atoms with Gasteiger partial charge in [0.25, 0.3) is 0 Å². The highest BCUT2D eigenvalue weighted by molar-refractivity contribution is 7.98. The summed E-state index contributed by atoms with van der Waals surface area (Å²) in [6.07, 6.45) is 3.29. The quantitative estimate of drug-likeness (QED) is 0.673. The average Bonchev–Trinajstić information content (AvgIpc) is 2.62.